The van der Waals surface area contributed by atoms with Crippen LogP contribution in [0.3, 0.4) is 0 Å². The van der Waals surface area contributed by atoms with Gasteiger partial charge in [0.05, 0.1) is 12.5 Å². The van der Waals surface area contributed by atoms with Crippen LogP contribution in [0.25, 0.3) is 0 Å². The van der Waals surface area contributed by atoms with Crippen LogP contribution in [-0.2, 0) is 6.42 Å². The van der Waals surface area contributed by atoms with Gasteiger partial charge in [0.15, 0.2) is 0 Å². The number of hydrogen-bond donors (Lipinski definition) is 0. The molecule has 1 aliphatic carbocycles. The fraction of sp³-hybridized carbons (Fsp3) is 0.611. The zero-order valence-corrected chi connectivity index (χ0v) is 12.6. The van der Waals surface area contributed by atoms with E-state index in [9.17, 15) is 0 Å². The normalized spacial score (nSPS) is 25.3. The van der Waals surface area contributed by atoms with E-state index in [-0.39, 0.29) is 0 Å². The molecule has 0 radical (unpaired) electrons. The Kier molecular flexibility index (Phi) is 4.77. The maximum Gasteiger partial charge on any atom is 0.119 e. The number of fused-ring (bicyclic) bond motifs is 1. The van der Waals surface area contributed by atoms with Crippen LogP contribution >= 0.6 is 0 Å². The summed E-state index contributed by atoms with van der Waals surface area (Å²) in [4.78, 5) is 2.63. The number of nitrogens with zero attached hydrogens (tertiary/aromatic N) is 2. The van der Waals surface area contributed by atoms with E-state index in [0.717, 1.165) is 36.4 Å². The molecular weight excluding hydrogens is 260 g/mol. The highest BCUT2D eigenvalue weighted by Gasteiger charge is 2.35. The third-order valence-corrected chi connectivity index (χ3v) is 4.98. The molecular formula is C18H24N2O. The summed E-state index contributed by atoms with van der Waals surface area (Å²) in [5, 5.41) is 8.66. The van der Waals surface area contributed by atoms with Crippen LogP contribution in [0.2, 0.25) is 0 Å². The van der Waals surface area contributed by atoms with Crippen molar-refractivity contribution in [3.63, 3.8) is 0 Å². The van der Waals surface area contributed by atoms with Crippen LogP contribution in [-0.4, -0.2) is 30.6 Å². The van der Waals surface area contributed by atoms with E-state index in [1.807, 2.05) is 24.3 Å². The lowest BCUT2D eigenvalue weighted by Crippen LogP contribution is -2.37. The second kappa shape index (κ2) is 6.95. The van der Waals surface area contributed by atoms with Gasteiger partial charge in [0.2, 0.25) is 0 Å². The molecule has 3 nitrogen and oxygen atoms in total. The number of rotatable bonds is 5. The molecule has 112 valence electrons. The highest BCUT2D eigenvalue weighted by Crippen LogP contribution is 2.35. The van der Waals surface area contributed by atoms with Crippen LogP contribution in [0.15, 0.2) is 24.3 Å². The Hall–Kier alpha value is -1.53. The van der Waals surface area contributed by atoms with E-state index >= 15 is 0 Å². The molecule has 21 heavy (non-hydrogen) atoms. The first-order valence-corrected chi connectivity index (χ1v) is 8.19. The molecule has 1 saturated carbocycles. The van der Waals surface area contributed by atoms with E-state index in [4.69, 9.17) is 10.00 Å². The Labute approximate surface area is 127 Å². The van der Waals surface area contributed by atoms with Gasteiger partial charge >= 0.3 is 0 Å². The summed E-state index contributed by atoms with van der Waals surface area (Å²) in [5.74, 6) is 1.86. The van der Waals surface area contributed by atoms with Gasteiger partial charge in [-0.1, -0.05) is 25.0 Å². The topological polar surface area (TPSA) is 36.3 Å². The first-order valence-electron chi connectivity index (χ1n) is 8.19. The molecule has 2 fully saturated rings. The molecule has 0 N–H and O–H groups in total. The van der Waals surface area contributed by atoms with Gasteiger partial charge in [-0.25, -0.2) is 0 Å². The monoisotopic (exact) mass is 284 g/mol. The summed E-state index contributed by atoms with van der Waals surface area (Å²) < 4.78 is 5.86. The van der Waals surface area contributed by atoms with E-state index in [1.165, 1.54) is 38.6 Å². The predicted octanol–water partition coefficient (Wildman–Crippen LogP) is 3.40. The molecule has 1 aromatic rings. The van der Waals surface area contributed by atoms with Crippen molar-refractivity contribution in [1.82, 2.24) is 4.90 Å². The zero-order chi connectivity index (χ0) is 14.5. The lowest BCUT2D eigenvalue weighted by molar-refractivity contribution is 0.154. The highest BCUT2D eigenvalue weighted by atomic mass is 16.5. The van der Waals surface area contributed by atoms with Crippen LogP contribution < -0.4 is 4.74 Å². The number of nitriles is 1. The van der Waals surface area contributed by atoms with Gasteiger partial charge in [0.1, 0.15) is 12.4 Å². The standard InChI is InChI=1S/C18H24N2O/c19-11-9-15-5-7-17(8-6-15)21-14-13-20-12-10-16-3-1-2-4-18(16)20/h5-8,16,18H,1-4,9-10,12-14H2. The molecule has 2 unspecified atom stereocenters. The molecule has 3 rings (SSSR count). The molecule has 1 aliphatic heterocycles. The Morgan fingerprint density at radius 3 is 2.76 bits per heavy atom. The molecule has 0 aromatic heterocycles. The Morgan fingerprint density at radius 1 is 1.14 bits per heavy atom. The second-order valence-corrected chi connectivity index (χ2v) is 6.26. The maximum absolute atomic E-state index is 8.66. The molecule has 1 heterocycles. The van der Waals surface area contributed by atoms with Crippen LogP contribution in [0, 0.1) is 17.2 Å². The van der Waals surface area contributed by atoms with Crippen molar-refractivity contribution in [2.75, 3.05) is 19.7 Å². The summed E-state index contributed by atoms with van der Waals surface area (Å²) in [6.07, 6.45) is 7.50. The van der Waals surface area contributed by atoms with Crippen molar-refractivity contribution in [2.24, 2.45) is 5.92 Å². The van der Waals surface area contributed by atoms with Crippen molar-refractivity contribution in [2.45, 2.75) is 44.6 Å². The minimum atomic E-state index is 0.469. The smallest absolute Gasteiger partial charge is 0.119 e. The minimum Gasteiger partial charge on any atom is -0.492 e. The van der Waals surface area contributed by atoms with Crippen molar-refractivity contribution >= 4 is 0 Å². The number of ether oxygens (including phenoxy) is 1. The average molecular weight is 284 g/mol. The van der Waals surface area contributed by atoms with E-state index in [0.29, 0.717) is 6.42 Å². The van der Waals surface area contributed by atoms with Gasteiger partial charge in [-0.05, 0) is 49.4 Å². The summed E-state index contributed by atoms with van der Waals surface area (Å²) in [6.45, 7) is 3.06. The number of benzene rings is 1. The van der Waals surface area contributed by atoms with Crippen molar-refractivity contribution in [1.29, 1.82) is 5.26 Å². The molecule has 2 aliphatic rings. The average Bonchev–Trinajstić information content (AvgIpc) is 2.93. The molecule has 0 amide bonds. The molecule has 3 heteroatoms. The summed E-state index contributed by atoms with van der Waals surface area (Å²) in [6, 6.07) is 10.9. The minimum absolute atomic E-state index is 0.469. The Balaban J connectivity index is 1.44. The third-order valence-electron chi connectivity index (χ3n) is 4.98. The Bertz CT molecular complexity index is 491. The summed E-state index contributed by atoms with van der Waals surface area (Å²) in [5.41, 5.74) is 1.05. The fourth-order valence-electron chi connectivity index (χ4n) is 3.86. The van der Waals surface area contributed by atoms with Crippen molar-refractivity contribution in [3.8, 4) is 11.8 Å². The van der Waals surface area contributed by atoms with Gasteiger partial charge in [0.25, 0.3) is 0 Å². The summed E-state index contributed by atoms with van der Waals surface area (Å²) in [7, 11) is 0. The van der Waals surface area contributed by atoms with Gasteiger partial charge in [-0.3, -0.25) is 4.90 Å². The number of hydrogen-bond acceptors (Lipinski definition) is 3. The lowest BCUT2D eigenvalue weighted by Gasteiger charge is -2.31. The lowest BCUT2D eigenvalue weighted by atomic mass is 9.85. The second-order valence-electron chi connectivity index (χ2n) is 6.26. The van der Waals surface area contributed by atoms with E-state index < -0.39 is 0 Å². The zero-order valence-electron chi connectivity index (χ0n) is 12.6. The Morgan fingerprint density at radius 2 is 1.95 bits per heavy atom. The van der Waals surface area contributed by atoms with Crippen molar-refractivity contribution < 1.29 is 4.74 Å². The van der Waals surface area contributed by atoms with E-state index in [1.54, 1.807) is 0 Å². The molecule has 1 aromatic carbocycles. The van der Waals surface area contributed by atoms with Gasteiger partial charge in [-0.2, -0.15) is 5.26 Å². The molecule has 0 bridgehead atoms. The highest BCUT2D eigenvalue weighted by molar-refractivity contribution is 5.28. The molecule has 0 spiro atoms. The van der Waals surface area contributed by atoms with Gasteiger partial charge < -0.3 is 4.74 Å². The predicted molar refractivity (Wildman–Crippen MR) is 83.2 cm³/mol. The fourth-order valence-corrected chi connectivity index (χ4v) is 3.86. The maximum atomic E-state index is 8.66. The van der Waals surface area contributed by atoms with Gasteiger partial charge in [0, 0.05) is 12.6 Å². The number of likely N-dealkylation sites (tertiary alicyclic amines) is 1. The molecule has 1 saturated heterocycles. The first kappa shape index (κ1) is 14.4. The SMILES string of the molecule is N#CCc1ccc(OCCN2CCC3CCCCC32)cc1. The van der Waals surface area contributed by atoms with E-state index in [2.05, 4.69) is 11.0 Å². The quantitative estimate of drug-likeness (QED) is 0.831. The van der Waals surface area contributed by atoms with Crippen LogP contribution in [0.4, 0.5) is 0 Å². The van der Waals surface area contributed by atoms with Crippen LogP contribution in [0.5, 0.6) is 5.75 Å². The van der Waals surface area contributed by atoms with Crippen molar-refractivity contribution in [3.05, 3.63) is 29.8 Å². The summed E-state index contributed by atoms with van der Waals surface area (Å²) >= 11 is 0. The first-order chi connectivity index (χ1) is 10.4. The molecule has 2 atom stereocenters. The third kappa shape index (κ3) is 3.57. The van der Waals surface area contributed by atoms with Gasteiger partial charge in [-0.15, -0.1) is 0 Å². The largest absolute Gasteiger partial charge is 0.492 e. The van der Waals surface area contributed by atoms with Crippen LogP contribution in [0.1, 0.15) is 37.7 Å².